The Morgan fingerprint density at radius 1 is 1.27 bits per heavy atom. The van der Waals surface area contributed by atoms with Gasteiger partial charge >= 0.3 is 5.97 Å². The van der Waals surface area contributed by atoms with Gasteiger partial charge in [0.15, 0.2) is 6.10 Å². The maximum Gasteiger partial charge on any atom is 0.341 e. The van der Waals surface area contributed by atoms with Gasteiger partial charge in [0.1, 0.15) is 5.82 Å². The van der Waals surface area contributed by atoms with Crippen molar-refractivity contribution in [3.63, 3.8) is 0 Å². The number of hydrogen-bond acceptors (Lipinski definition) is 6. The van der Waals surface area contributed by atoms with E-state index < -0.39 is 28.7 Å². The van der Waals surface area contributed by atoms with Crippen LogP contribution in [-0.4, -0.2) is 22.9 Å². The van der Waals surface area contributed by atoms with Crippen LogP contribution in [0.2, 0.25) is 0 Å². The van der Waals surface area contributed by atoms with E-state index in [2.05, 4.69) is 5.32 Å². The molecule has 26 heavy (non-hydrogen) atoms. The lowest BCUT2D eigenvalue weighted by atomic mass is 10.1. The van der Waals surface area contributed by atoms with Crippen molar-refractivity contribution in [1.82, 2.24) is 5.32 Å². The molecule has 0 heterocycles. The smallest absolute Gasteiger partial charge is 0.341 e. The summed E-state index contributed by atoms with van der Waals surface area (Å²) in [6, 6.07) is 8.90. The van der Waals surface area contributed by atoms with E-state index in [1.807, 2.05) is 0 Å². The molecule has 0 aliphatic carbocycles. The lowest BCUT2D eigenvalue weighted by molar-refractivity contribution is -0.384. The summed E-state index contributed by atoms with van der Waals surface area (Å²) in [4.78, 5) is 34.2. The van der Waals surface area contributed by atoms with E-state index in [1.54, 1.807) is 0 Å². The molecule has 2 aromatic rings. The highest BCUT2D eigenvalue weighted by Crippen LogP contribution is 2.21. The topological polar surface area (TPSA) is 125 Å². The Morgan fingerprint density at radius 2 is 1.92 bits per heavy atom. The minimum absolute atomic E-state index is 0.000444. The molecule has 0 unspecified atom stereocenters. The van der Waals surface area contributed by atoms with E-state index in [0.29, 0.717) is 5.56 Å². The summed E-state index contributed by atoms with van der Waals surface area (Å²) >= 11 is 0. The van der Waals surface area contributed by atoms with Crippen molar-refractivity contribution in [2.24, 2.45) is 0 Å². The number of nitrogen functional groups attached to an aromatic ring is 1. The normalized spacial score (nSPS) is 11.5. The first-order chi connectivity index (χ1) is 12.3. The van der Waals surface area contributed by atoms with Crippen molar-refractivity contribution in [2.45, 2.75) is 19.6 Å². The van der Waals surface area contributed by atoms with Crippen LogP contribution in [-0.2, 0) is 16.1 Å². The number of nitrogens with two attached hydrogens (primary N) is 1. The van der Waals surface area contributed by atoms with E-state index in [-0.39, 0.29) is 23.5 Å². The van der Waals surface area contributed by atoms with Crippen molar-refractivity contribution in [2.75, 3.05) is 5.73 Å². The van der Waals surface area contributed by atoms with E-state index >= 15 is 0 Å². The third-order valence-corrected chi connectivity index (χ3v) is 3.50. The van der Waals surface area contributed by atoms with Crippen LogP contribution in [0.25, 0.3) is 0 Å². The molecule has 2 rings (SSSR count). The molecule has 0 spiro atoms. The zero-order valence-corrected chi connectivity index (χ0v) is 13.8. The van der Waals surface area contributed by atoms with Gasteiger partial charge in [-0.05, 0) is 30.7 Å². The zero-order valence-electron chi connectivity index (χ0n) is 13.8. The second-order valence-corrected chi connectivity index (χ2v) is 5.42. The third kappa shape index (κ3) is 4.76. The molecule has 0 aromatic heterocycles. The van der Waals surface area contributed by atoms with Crippen molar-refractivity contribution >= 4 is 23.3 Å². The number of carbonyl (C=O) groups excluding carboxylic acids is 2. The molecule has 8 nitrogen and oxygen atoms in total. The monoisotopic (exact) mass is 361 g/mol. The molecule has 136 valence electrons. The van der Waals surface area contributed by atoms with Gasteiger partial charge in [-0.3, -0.25) is 14.9 Å². The van der Waals surface area contributed by atoms with E-state index in [0.717, 1.165) is 12.1 Å². The summed E-state index contributed by atoms with van der Waals surface area (Å²) in [6.07, 6.45) is -1.15. The number of halogens is 1. The van der Waals surface area contributed by atoms with Crippen molar-refractivity contribution in [3.8, 4) is 0 Å². The number of non-ortho nitro benzene ring substituents is 1. The van der Waals surface area contributed by atoms with Crippen LogP contribution in [0, 0.1) is 15.9 Å². The second kappa shape index (κ2) is 8.06. The first-order valence-corrected chi connectivity index (χ1v) is 7.55. The van der Waals surface area contributed by atoms with E-state index in [1.165, 1.54) is 37.3 Å². The number of ether oxygens (including phenoxy) is 1. The first kappa shape index (κ1) is 18.8. The molecule has 0 aliphatic rings. The molecule has 0 saturated carbocycles. The van der Waals surface area contributed by atoms with Gasteiger partial charge in [0.25, 0.3) is 11.6 Å². The number of nitrogens with one attached hydrogen (secondary N) is 1. The Balaban J connectivity index is 1.97. The Bertz CT molecular complexity index is 839. The highest BCUT2D eigenvalue weighted by atomic mass is 19.1. The molecule has 1 amide bonds. The van der Waals surface area contributed by atoms with Crippen LogP contribution >= 0.6 is 0 Å². The highest BCUT2D eigenvalue weighted by Gasteiger charge is 2.22. The van der Waals surface area contributed by atoms with E-state index in [4.69, 9.17) is 10.5 Å². The molecule has 0 fully saturated rings. The van der Waals surface area contributed by atoms with Crippen LogP contribution in [0.3, 0.4) is 0 Å². The maximum atomic E-state index is 12.8. The van der Waals surface area contributed by atoms with Crippen LogP contribution in [0.4, 0.5) is 15.8 Å². The summed E-state index contributed by atoms with van der Waals surface area (Å²) in [7, 11) is 0. The molecular formula is C17H16FN3O5. The van der Waals surface area contributed by atoms with Crippen LogP contribution in [0.15, 0.2) is 42.5 Å². The molecule has 0 radical (unpaired) electrons. The van der Waals surface area contributed by atoms with Crippen LogP contribution in [0.5, 0.6) is 0 Å². The Kier molecular flexibility index (Phi) is 5.84. The van der Waals surface area contributed by atoms with Gasteiger partial charge in [-0.1, -0.05) is 12.1 Å². The second-order valence-electron chi connectivity index (χ2n) is 5.42. The number of benzene rings is 2. The first-order valence-electron chi connectivity index (χ1n) is 7.55. The molecule has 0 bridgehead atoms. The van der Waals surface area contributed by atoms with Crippen LogP contribution < -0.4 is 11.1 Å². The van der Waals surface area contributed by atoms with Crippen LogP contribution in [0.1, 0.15) is 22.8 Å². The molecule has 9 heteroatoms. The zero-order chi connectivity index (χ0) is 19.3. The van der Waals surface area contributed by atoms with Gasteiger partial charge in [-0.2, -0.15) is 0 Å². The van der Waals surface area contributed by atoms with Gasteiger partial charge in [0, 0.05) is 24.4 Å². The number of anilines is 1. The van der Waals surface area contributed by atoms with Gasteiger partial charge < -0.3 is 15.8 Å². The molecule has 0 saturated heterocycles. The summed E-state index contributed by atoms with van der Waals surface area (Å²) in [6.45, 7) is 1.48. The Labute approximate surface area is 147 Å². The number of esters is 1. The SMILES string of the molecule is C[C@@H](OC(=O)c1cc([N+](=O)[O-])ccc1N)C(=O)NCc1ccc(F)cc1. The summed E-state index contributed by atoms with van der Waals surface area (Å²) in [5.41, 5.74) is 5.79. The minimum atomic E-state index is -1.15. The van der Waals surface area contributed by atoms with Gasteiger partial charge in [-0.15, -0.1) is 0 Å². The molecular weight excluding hydrogens is 345 g/mol. The predicted octanol–water partition coefficient (Wildman–Crippen LogP) is 2.18. The number of hydrogen-bond donors (Lipinski definition) is 2. The summed E-state index contributed by atoms with van der Waals surface area (Å²) < 4.78 is 17.8. The molecule has 0 aliphatic heterocycles. The average molecular weight is 361 g/mol. The Morgan fingerprint density at radius 3 is 2.54 bits per heavy atom. The van der Waals surface area contributed by atoms with Gasteiger partial charge in [-0.25, -0.2) is 9.18 Å². The fourth-order valence-electron chi connectivity index (χ4n) is 2.05. The van der Waals surface area contributed by atoms with Crippen molar-refractivity contribution < 1.29 is 23.6 Å². The largest absolute Gasteiger partial charge is 0.449 e. The minimum Gasteiger partial charge on any atom is -0.449 e. The fraction of sp³-hybridized carbons (Fsp3) is 0.176. The molecule has 2 aromatic carbocycles. The predicted molar refractivity (Wildman–Crippen MR) is 90.6 cm³/mol. The highest BCUT2D eigenvalue weighted by molar-refractivity contribution is 5.97. The number of rotatable bonds is 6. The third-order valence-electron chi connectivity index (χ3n) is 3.50. The lowest BCUT2D eigenvalue weighted by Gasteiger charge is -2.14. The Hall–Kier alpha value is -3.49. The average Bonchev–Trinajstić information content (AvgIpc) is 2.60. The van der Waals surface area contributed by atoms with Crippen molar-refractivity contribution in [3.05, 3.63) is 69.5 Å². The van der Waals surface area contributed by atoms with Gasteiger partial charge in [0.2, 0.25) is 0 Å². The number of carbonyl (C=O) groups is 2. The quantitative estimate of drug-likeness (QED) is 0.352. The molecule has 3 N–H and O–H groups in total. The van der Waals surface area contributed by atoms with E-state index in [9.17, 15) is 24.1 Å². The maximum absolute atomic E-state index is 12.8. The molecule has 1 atom stereocenters. The fourth-order valence-corrected chi connectivity index (χ4v) is 2.05. The number of nitro benzene ring substituents is 1. The van der Waals surface area contributed by atoms with Crippen molar-refractivity contribution in [1.29, 1.82) is 0 Å². The number of amides is 1. The lowest BCUT2D eigenvalue weighted by Crippen LogP contribution is -2.35. The van der Waals surface area contributed by atoms with Gasteiger partial charge in [0.05, 0.1) is 10.5 Å². The number of nitrogens with zero attached hydrogens (tertiary/aromatic N) is 1. The number of nitro groups is 1. The summed E-state index contributed by atoms with van der Waals surface area (Å²) in [5.74, 6) is -1.92. The summed E-state index contributed by atoms with van der Waals surface area (Å²) in [5, 5.41) is 13.3. The standard InChI is InChI=1S/C17H16FN3O5/c1-10(16(22)20-9-11-2-4-12(18)5-3-11)26-17(23)14-8-13(21(24)25)6-7-15(14)19/h2-8,10H,9,19H2,1H3,(H,20,22)/t10-/m1/s1.